The first-order valence-corrected chi connectivity index (χ1v) is 10.7. The molecule has 3 atom stereocenters. The molecule has 2 amide bonds. The number of hydrogen-bond acceptors (Lipinski definition) is 5. The number of likely N-dealkylation sites (tertiary alicyclic amines) is 1. The van der Waals surface area contributed by atoms with Gasteiger partial charge in [0.15, 0.2) is 5.82 Å². The van der Waals surface area contributed by atoms with Crippen molar-refractivity contribution in [3.8, 4) is 0 Å². The minimum atomic E-state index is -0.365. The molecule has 1 fully saturated rings. The smallest absolute Gasteiger partial charge is 0.238 e. The Hall–Kier alpha value is -2.28. The molecule has 0 saturated carbocycles. The molecule has 0 aliphatic carbocycles. The van der Waals surface area contributed by atoms with Crippen LogP contribution in [0.1, 0.15) is 50.5 Å². The van der Waals surface area contributed by atoms with Gasteiger partial charge < -0.3 is 14.7 Å². The number of benzene rings is 1. The van der Waals surface area contributed by atoms with E-state index in [4.69, 9.17) is 4.52 Å². The number of anilines is 1. The van der Waals surface area contributed by atoms with Crippen LogP contribution >= 0.6 is 11.8 Å². The van der Waals surface area contributed by atoms with Crippen molar-refractivity contribution in [2.75, 3.05) is 11.1 Å². The molecule has 1 aromatic heterocycles. The monoisotopic (exact) mass is 401 g/mol. The normalized spacial score (nSPS) is 20.6. The zero-order chi connectivity index (χ0) is 20.1. The summed E-state index contributed by atoms with van der Waals surface area (Å²) in [6.45, 7) is 5.68. The number of aryl methyl sites for hydroxylation is 1. The van der Waals surface area contributed by atoms with Crippen molar-refractivity contribution in [2.45, 2.75) is 57.4 Å². The molecule has 2 aromatic rings. The molecule has 3 rings (SSSR count). The molecule has 0 bridgehead atoms. The summed E-state index contributed by atoms with van der Waals surface area (Å²) in [5.41, 5.74) is 1.18. The van der Waals surface area contributed by atoms with Crippen LogP contribution in [0.5, 0.6) is 0 Å². The van der Waals surface area contributed by atoms with Crippen LogP contribution in [0.4, 0.5) is 5.82 Å². The van der Waals surface area contributed by atoms with Gasteiger partial charge in [0.2, 0.25) is 11.8 Å². The van der Waals surface area contributed by atoms with E-state index >= 15 is 0 Å². The van der Waals surface area contributed by atoms with E-state index in [1.165, 1.54) is 17.3 Å². The van der Waals surface area contributed by atoms with Crippen LogP contribution in [0.25, 0.3) is 0 Å². The Morgan fingerprint density at radius 1 is 1.32 bits per heavy atom. The molecule has 1 saturated heterocycles. The molecule has 1 aliphatic rings. The van der Waals surface area contributed by atoms with Gasteiger partial charge in [0, 0.05) is 12.1 Å². The average molecular weight is 402 g/mol. The molecular formula is C21H27N3O3S. The second-order valence-electron chi connectivity index (χ2n) is 7.27. The number of hydrogen-bond donors (Lipinski definition) is 1. The fraction of sp³-hybridized carbons (Fsp3) is 0.476. The Labute approximate surface area is 170 Å². The van der Waals surface area contributed by atoms with Crippen LogP contribution in [0.2, 0.25) is 0 Å². The molecule has 1 N–H and O–H groups in total. The summed E-state index contributed by atoms with van der Waals surface area (Å²) in [5, 5.41) is 6.12. The third-order valence-electron chi connectivity index (χ3n) is 5.09. The molecule has 150 valence electrons. The van der Waals surface area contributed by atoms with E-state index in [1.807, 2.05) is 23.1 Å². The predicted molar refractivity (Wildman–Crippen MR) is 111 cm³/mol. The van der Waals surface area contributed by atoms with Crippen LogP contribution in [-0.2, 0) is 9.59 Å². The summed E-state index contributed by atoms with van der Waals surface area (Å²) < 4.78 is 4.96. The predicted octanol–water partition coefficient (Wildman–Crippen LogP) is 4.19. The second kappa shape index (κ2) is 9.28. The highest BCUT2D eigenvalue weighted by atomic mass is 32.2. The van der Waals surface area contributed by atoms with Gasteiger partial charge in [0.1, 0.15) is 5.76 Å². The van der Waals surface area contributed by atoms with Crippen LogP contribution < -0.4 is 5.32 Å². The first kappa shape index (κ1) is 20.5. The van der Waals surface area contributed by atoms with Crippen molar-refractivity contribution in [3.05, 3.63) is 47.7 Å². The average Bonchev–Trinajstić information content (AvgIpc) is 3.10. The quantitative estimate of drug-likeness (QED) is 0.786. The lowest BCUT2D eigenvalue weighted by Gasteiger charge is -2.41. The van der Waals surface area contributed by atoms with Gasteiger partial charge in [-0.05, 0) is 45.6 Å². The minimum absolute atomic E-state index is 0.0861. The summed E-state index contributed by atoms with van der Waals surface area (Å²) in [5.74, 6) is 1.22. The number of thioether (sulfide) groups is 1. The van der Waals surface area contributed by atoms with Crippen molar-refractivity contribution in [3.63, 3.8) is 0 Å². The molecule has 1 aliphatic heterocycles. The zero-order valence-corrected chi connectivity index (χ0v) is 17.4. The Morgan fingerprint density at radius 2 is 2.07 bits per heavy atom. The molecule has 6 nitrogen and oxygen atoms in total. The highest BCUT2D eigenvalue weighted by Crippen LogP contribution is 2.35. The van der Waals surface area contributed by atoms with Gasteiger partial charge in [-0.1, -0.05) is 35.5 Å². The molecule has 7 heteroatoms. The largest absolute Gasteiger partial charge is 0.360 e. The number of carbonyl (C=O) groups excluding carboxylic acids is 2. The summed E-state index contributed by atoms with van der Waals surface area (Å²) in [7, 11) is 0. The summed E-state index contributed by atoms with van der Waals surface area (Å²) in [4.78, 5) is 27.4. The van der Waals surface area contributed by atoms with Crippen molar-refractivity contribution in [1.29, 1.82) is 0 Å². The van der Waals surface area contributed by atoms with Crippen LogP contribution in [-0.4, -0.2) is 38.9 Å². The maximum absolute atomic E-state index is 13.0. The Morgan fingerprint density at radius 3 is 2.75 bits per heavy atom. The third-order valence-corrected chi connectivity index (χ3v) is 6.22. The van der Waals surface area contributed by atoms with Gasteiger partial charge in [-0.3, -0.25) is 9.59 Å². The molecule has 28 heavy (non-hydrogen) atoms. The molecule has 0 spiro atoms. The molecule has 1 aromatic carbocycles. The molecular weight excluding hydrogens is 374 g/mol. The van der Waals surface area contributed by atoms with E-state index in [9.17, 15) is 9.59 Å². The maximum atomic E-state index is 13.0. The van der Waals surface area contributed by atoms with Crippen molar-refractivity contribution in [1.82, 2.24) is 10.1 Å². The van der Waals surface area contributed by atoms with Crippen molar-refractivity contribution >= 4 is 29.4 Å². The number of nitrogens with zero attached hydrogens (tertiary/aromatic N) is 2. The SMILES string of the molecule is Cc1cc(NC(=O)[C@H](C)SCC(=O)N2[C@H](C)CCC[C@@H]2c2ccccc2)no1. The van der Waals surface area contributed by atoms with E-state index in [1.54, 1.807) is 19.9 Å². The van der Waals surface area contributed by atoms with E-state index in [0.717, 1.165) is 19.3 Å². The van der Waals surface area contributed by atoms with Crippen LogP contribution in [0.3, 0.4) is 0 Å². The Balaban J connectivity index is 1.59. The number of nitrogens with one attached hydrogen (secondary N) is 1. The fourth-order valence-electron chi connectivity index (χ4n) is 3.61. The van der Waals surface area contributed by atoms with E-state index in [0.29, 0.717) is 11.6 Å². The summed E-state index contributed by atoms with van der Waals surface area (Å²) >= 11 is 1.35. The highest BCUT2D eigenvalue weighted by Gasteiger charge is 2.33. The zero-order valence-electron chi connectivity index (χ0n) is 16.6. The first-order chi connectivity index (χ1) is 13.5. The molecule has 2 heterocycles. The number of carbonyl (C=O) groups is 2. The fourth-order valence-corrected chi connectivity index (χ4v) is 4.37. The van der Waals surface area contributed by atoms with E-state index in [-0.39, 0.29) is 34.9 Å². The lowest BCUT2D eigenvalue weighted by Crippen LogP contribution is -2.45. The van der Waals surface area contributed by atoms with Gasteiger partial charge in [-0.15, -0.1) is 11.8 Å². The highest BCUT2D eigenvalue weighted by molar-refractivity contribution is 8.01. The van der Waals surface area contributed by atoms with Gasteiger partial charge in [0.05, 0.1) is 17.0 Å². The van der Waals surface area contributed by atoms with Crippen LogP contribution in [0, 0.1) is 6.92 Å². The summed E-state index contributed by atoms with van der Waals surface area (Å²) in [6, 6.07) is 12.2. The Kier molecular flexibility index (Phi) is 6.78. The van der Waals surface area contributed by atoms with Crippen molar-refractivity contribution in [2.24, 2.45) is 0 Å². The topological polar surface area (TPSA) is 75.4 Å². The summed E-state index contributed by atoms with van der Waals surface area (Å²) in [6.07, 6.45) is 3.11. The van der Waals surface area contributed by atoms with Crippen LogP contribution in [0.15, 0.2) is 40.9 Å². The number of rotatable bonds is 6. The lowest BCUT2D eigenvalue weighted by atomic mass is 9.91. The van der Waals surface area contributed by atoms with Gasteiger partial charge >= 0.3 is 0 Å². The first-order valence-electron chi connectivity index (χ1n) is 9.67. The van der Waals surface area contributed by atoms with Gasteiger partial charge in [-0.2, -0.15) is 0 Å². The second-order valence-corrected chi connectivity index (χ2v) is 8.60. The lowest BCUT2D eigenvalue weighted by molar-refractivity contribution is -0.135. The molecule has 0 unspecified atom stereocenters. The number of aromatic nitrogens is 1. The number of piperidine rings is 1. The molecule has 0 radical (unpaired) electrons. The van der Waals surface area contributed by atoms with Gasteiger partial charge in [0.25, 0.3) is 0 Å². The van der Waals surface area contributed by atoms with E-state index in [2.05, 4.69) is 29.5 Å². The minimum Gasteiger partial charge on any atom is -0.360 e. The standard InChI is InChI=1S/C21H27N3O3S/c1-14-8-7-11-18(17-9-5-4-6-10-17)24(14)20(25)13-28-16(3)21(26)22-19-12-15(2)27-23-19/h4-6,9-10,12,14,16,18H,7-8,11,13H2,1-3H3,(H,22,23,26)/t14-,16+,18-/m1/s1. The Bertz CT molecular complexity index is 808. The van der Waals surface area contributed by atoms with E-state index < -0.39 is 0 Å². The number of amides is 2. The van der Waals surface area contributed by atoms with Gasteiger partial charge in [-0.25, -0.2) is 0 Å². The third kappa shape index (κ3) is 4.95. The maximum Gasteiger partial charge on any atom is 0.238 e. The van der Waals surface area contributed by atoms with Crippen molar-refractivity contribution < 1.29 is 14.1 Å².